The molecule has 0 spiro atoms. The number of rotatable bonds is 70. The van der Waals surface area contributed by atoms with Crippen molar-refractivity contribution in [1.29, 1.82) is 0 Å². The number of esters is 4. The molecule has 0 saturated carbocycles. The first-order valence-electron chi connectivity index (χ1n) is 37.7. The number of phosphoric acid groups is 2. The van der Waals surface area contributed by atoms with Crippen LogP contribution in [-0.4, -0.2) is 96.7 Å². The van der Waals surface area contributed by atoms with Gasteiger partial charge in [-0.15, -0.1) is 0 Å². The summed E-state index contributed by atoms with van der Waals surface area (Å²) >= 11 is 0. The minimum absolute atomic E-state index is 0.102. The van der Waals surface area contributed by atoms with Crippen LogP contribution in [0.3, 0.4) is 0 Å². The molecule has 3 N–H and O–H groups in total. The maximum absolute atomic E-state index is 13.0. The fourth-order valence-electron chi connectivity index (χ4n) is 11.0. The van der Waals surface area contributed by atoms with Crippen LogP contribution in [0.5, 0.6) is 0 Å². The van der Waals surface area contributed by atoms with E-state index in [-0.39, 0.29) is 25.7 Å². The van der Waals surface area contributed by atoms with Crippen molar-refractivity contribution in [3.8, 4) is 0 Å². The van der Waals surface area contributed by atoms with E-state index in [4.69, 9.17) is 37.0 Å². The molecule has 5 atom stereocenters. The molecule has 0 radical (unpaired) electrons. The summed E-state index contributed by atoms with van der Waals surface area (Å²) in [6, 6.07) is 0. The Morgan fingerprint density at radius 3 is 0.674 bits per heavy atom. The number of hydrogen-bond donors (Lipinski definition) is 3. The van der Waals surface area contributed by atoms with Gasteiger partial charge in [-0.05, 0) is 49.4 Å². The second-order valence-electron chi connectivity index (χ2n) is 28.2. The van der Waals surface area contributed by atoms with Crippen LogP contribution in [-0.2, 0) is 65.4 Å². The molecule has 0 aliphatic heterocycles. The van der Waals surface area contributed by atoms with Crippen molar-refractivity contribution in [1.82, 2.24) is 0 Å². The van der Waals surface area contributed by atoms with Crippen LogP contribution in [0.15, 0.2) is 0 Å². The molecule has 0 heterocycles. The molecule has 0 amide bonds. The second kappa shape index (κ2) is 62.6. The molecule has 0 aromatic rings. The molecule has 0 saturated heterocycles. The zero-order chi connectivity index (χ0) is 68.2. The van der Waals surface area contributed by atoms with Crippen LogP contribution in [0.1, 0.15) is 364 Å². The van der Waals surface area contributed by atoms with E-state index in [0.29, 0.717) is 37.5 Å². The van der Waals surface area contributed by atoms with Gasteiger partial charge in [0.15, 0.2) is 12.2 Å². The van der Waals surface area contributed by atoms with Crippen molar-refractivity contribution >= 4 is 39.5 Å². The van der Waals surface area contributed by atoms with Crippen molar-refractivity contribution in [2.75, 3.05) is 39.6 Å². The van der Waals surface area contributed by atoms with Gasteiger partial charge in [0.25, 0.3) is 0 Å². The van der Waals surface area contributed by atoms with E-state index in [1.165, 1.54) is 161 Å². The van der Waals surface area contributed by atoms with Gasteiger partial charge in [-0.3, -0.25) is 37.3 Å². The molecule has 0 bridgehead atoms. The van der Waals surface area contributed by atoms with Crippen molar-refractivity contribution < 1.29 is 80.2 Å². The highest BCUT2D eigenvalue weighted by Crippen LogP contribution is 2.45. The van der Waals surface area contributed by atoms with E-state index < -0.39 is 97.5 Å². The summed E-state index contributed by atoms with van der Waals surface area (Å²) in [5.74, 6) is 0.809. The number of hydrogen-bond acceptors (Lipinski definition) is 15. The SMILES string of the molecule is CC(C)CCCCCCCCCCCCCCCCCCCCC(=O)O[C@H](COC(=O)CCCCCCCCCCCC(C)C)COP(=O)(O)OC[C@@H](O)COP(=O)(O)OC[C@@H](COC(=O)CCCCCCCCC(C)C)OC(=O)CCCCCCCCCC(C)C. The third kappa shape index (κ3) is 66.7. The molecule has 19 heteroatoms. The molecule has 0 aliphatic rings. The highest BCUT2D eigenvalue weighted by Gasteiger charge is 2.30. The maximum Gasteiger partial charge on any atom is 0.472 e. The predicted octanol–water partition coefficient (Wildman–Crippen LogP) is 20.9. The summed E-state index contributed by atoms with van der Waals surface area (Å²) in [7, 11) is -9.90. The zero-order valence-electron chi connectivity index (χ0n) is 60.2. The molecule has 546 valence electrons. The topological polar surface area (TPSA) is 237 Å². The van der Waals surface area contributed by atoms with E-state index in [1.807, 2.05) is 0 Å². The standard InChI is InChI=1S/C73H142O17P2/c1-63(2)49-41-33-25-20-17-15-13-11-9-10-12-14-16-18-22-29-39-47-55-72(77)89-68(59-83-70(75)53-45-37-28-23-19-21-26-34-42-50-64(3)4)61-87-91(79,80)85-57-67(74)58-86-92(81,82)88-62-69(60-84-71(76)54-46-38-32-31-36-44-52-66(7)8)90-73(78)56-48-40-30-24-27-35-43-51-65(5)6/h63-69,74H,9-62H2,1-8H3,(H,79,80)(H,81,82)/t67-,68-,69-/m1/s1. The van der Waals surface area contributed by atoms with Gasteiger partial charge in [0.1, 0.15) is 19.3 Å². The van der Waals surface area contributed by atoms with E-state index in [9.17, 15) is 43.2 Å². The van der Waals surface area contributed by atoms with Crippen LogP contribution in [0.2, 0.25) is 0 Å². The summed E-state index contributed by atoms with van der Waals surface area (Å²) in [5, 5.41) is 10.6. The smallest absolute Gasteiger partial charge is 0.462 e. The number of ether oxygens (including phenoxy) is 4. The lowest BCUT2D eigenvalue weighted by Crippen LogP contribution is -2.30. The van der Waals surface area contributed by atoms with Crippen LogP contribution >= 0.6 is 15.6 Å². The molecule has 0 fully saturated rings. The Morgan fingerprint density at radius 1 is 0.272 bits per heavy atom. The lowest BCUT2D eigenvalue weighted by molar-refractivity contribution is -0.161. The molecule has 0 rings (SSSR count). The monoisotopic (exact) mass is 1350 g/mol. The lowest BCUT2D eigenvalue weighted by atomic mass is 10.0. The quantitative estimate of drug-likeness (QED) is 0.0222. The largest absolute Gasteiger partial charge is 0.472 e. The van der Waals surface area contributed by atoms with Crippen molar-refractivity contribution in [3.05, 3.63) is 0 Å². The van der Waals surface area contributed by atoms with Crippen molar-refractivity contribution in [3.63, 3.8) is 0 Å². The highest BCUT2D eigenvalue weighted by atomic mass is 31.2. The Morgan fingerprint density at radius 2 is 0.457 bits per heavy atom. The van der Waals surface area contributed by atoms with E-state index in [2.05, 4.69) is 55.4 Å². The van der Waals surface area contributed by atoms with Gasteiger partial charge in [-0.2, -0.15) is 0 Å². The Bertz CT molecular complexity index is 1820. The molecular formula is C73H142O17P2. The van der Waals surface area contributed by atoms with Crippen LogP contribution in [0.4, 0.5) is 0 Å². The number of unbranched alkanes of at least 4 members (excludes halogenated alkanes) is 36. The first-order chi connectivity index (χ1) is 44.1. The molecule has 17 nitrogen and oxygen atoms in total. The van der Waals surface area contributed by atoms with E-state index in [0.717, 1.165) is 108 Å². The summed E-state index contributed by atoms with van der Waals surface area (Å²) in [6.45, 7) is 14.0. The van der Waals surface area contributed by atoms with Gasteiger partial charge in [0.05, 0.1) is 26.4 Å². The fraction of sp³-hybridized carbons (Fsp3) is 0.945. The average molecular weight is 1350 g/mol. The predicted molar refractivity (Wildman–Crippen MR) is 372 cm³/mol. The Kier molecular flexibility index (Phi) is 61.3. The van der Waals surface area contributed by atoms with E-state index in [1.54, 1.807) is 0 Å². The number of phosphoric ester groups is 2. The maximum atomic E-state index is 13.0. The van der Waals surface area contributed by atoms with Crippen molar-refractivity contribution in [2.24, 2.45) is 23.7 Å². The summed E-state index contributed by atoms with van der Waals surface area (Å²) in [4.78, 5) is 72.5. The van der Waals surface area contributed by atoms with Crippen LogP contribution in [0, 0.1) is 23.7 Å². The molecule has 92 heavy (non-hydrogen) atoms. The second-order valence-corrected chi connectivity index (χ2v) is 31.1. The molecule has 0 aromatic heterocycles. The number of aliphatic hydroxyl groups excluding tert-OH is 1. The van der Waals surface area contributed by atoms with Gasteiger partial charge in [-0.25, -0.2) is 9.13 Å². The summed E-state index contributed by atoms with van der Waals surface area (Å²) < 4.78 is 68.3. The summed E-state index contributed by atoms with van der Waals surface area (Å²) in [5.41, 5.74) is 0. The fourth-order valence-corrected chi connectivity index (χ4v) is 12.6. The van der Waals surface area contributed by atoms with Gasteiger partial charge in [0.2, 0.25) is 0 Å². The molecule has 2 unspecified atom stereocenters. The summed E-state index contributed by atoms with van der Waals surface area (Å²) in [6.07, 6.45) is 46.3. The van der Waals surface area contributed by atoms with Crippen LogP contribution < -0.4 is 0 Å². The van der Waals surface area contributed by atoms with Crippen molar-refractivity contribution in [2.45, 2.75) is 382 Å². The van der Waals surface area contributed by atoms with Gasteiger partial charge >= 0.3 is 39.5 Å². The van der Waals surface area contributed by atoms with Crippen LogP contribution in [0.25, 0.3) is 0 Å². The molecular weight excluding hydrogens is 1210 g/mol. The molecule has 0 aliphatic carbocycles. The van der Waals surface area contributed by atoms with Gasteiger partial charge < -0.3 is 33.8 Å². The minimum Gasteiger partial charge on any atom is -0.462 e. The van der Waals surface area contributed by atoms with Gasteiger partial charge in [-0.1, -0.05) is 312 Å². The third-order valence-corrected chi connectivity index (χ3v) is 18.7. The average Bonchev–Trinajstić information content (AvgIpc) is 2.96. The number of carbonyl (C=O) groups excluding carboxylic acids is 4. The normalized spacial score (nSPS) is 14.2. The Labute approximate surface area is 562 Å². The van der Waals surface area contributed by atoms with E-state index >= 15 is 0 Å². The Balaban J connectivity index is 5.17. The number of carbonyl (C=O) groups is 4. The van der Waals surface area contributed by atoms with Gasteiger partial charge in [0, 0.05) is 25.7 Å². The highest BCUT2D eigenvalue weighted by molar-refractivity contribution is 7.47. The first-order valence-corrected chi connectivity index (χ1v) is 40.7. The molecule has 0 aromatic carbocycles. The minimum atomic E-state index is -4.95. The number of aliphatic hydroxyl groups is 1. The zero-order valence-corrected chi connectivity index (χ0v) is 62.0. The first kappa shape index (κ1) is 90.1. The Hall–Kier alpha value is -1.94. The lowest BCUT2D eigenvalue weighted by Gasteiger charge is -2.21. The third-order valence-electron chi connectivity index (χ3n) is 16.8.